The van der Waals surface area contributed by atoms with E-state index in [0.717, 1.165) is 35.5 Å². The van der Waals surface area contributed by atoms with Gasteiger partial charge in [-0.3, -0.25) is 0 Å². The van der Waals surface area contributed by atoms with Crippen LogP contribution >= 0.6 is 0 Å². The molecule has 0 bridgehead atoms. The van der Waals surface area contributed by atoms with Crippen molar-refractivity contribution < 1.29 is 0 Å². The van der Waals surface area contributed by atoms with E-state index in [1.165, 1.54) is 32.1 Å². The predicted octanol–water partition coefficient (Wildman–Crippen LogP) is 5.67. The summed E-state index contributed by atoms with van der Waals surface area (Å²) in [5, 5.41) is 0. The fraction of sp³-hybridized carbons (Fsp3) is 1.00. The van der Waals surface area contributed by atoms with Crippen LogP contribution in [0.3, 0.4) is 0 Å². The Morgan fingerprint density at radius 1 is 0.833 bits per heavy atom. The highest BCUT2D eigenvalue weighted by Gasteiger charge is 2.45. The number of rotatable bonds is 2. The Labute approximate surface area is 114 Å². The average Bonchev–Trinajstić information content (AvgIpc) is 2.75. The molecule has 3 aliphatic carbocycles. The molecule has 0 radical (unpaired) electrons. The van der Waals surface area contributed by atoms with Crippen molar-refractivity contribution in [1.29, 1.82) is 0 Å². The third kappa shape index (κ3) is 2.37. The molecule has 104 valence electrons. The average molecular weight is 248 g/mol. The van der Waals surface area contributed by atoms with Gasteiger partial charge in [-0.15, -0.1) is 0 Å². The van der Waals surface area contributed by atoms with Gasteiger partial charge in [0.25, 0.3) is 0 Å². The van der Waals surface area contributed by atoms with Crippen LogP contribution in [0.2, 0.25) is 0 Å². The van der Waals surface area contributed by atoms with Crippen LogP contribution in [0, 0.1) is 35.5 Å². The standard InChI is InChI=1S/C18H32/c1-13-12-16-10-6-7-11-17(16)18(13)14(2)15-8-4-3-5-9-15/h13-18H,3-12H2,1-2H3. The van der Waals surface area contributed by atoms with E-state index in [2.05, 4.69) is 13.8 Å². The molecule has 3 rings (SSSR count). The molecule has 0 amide bonds. The quantitative estimate of drug-likeness (QED) is 0.591. The first-order valence-electron chi connectivity index (χ1n) is 8.77. The van der Waals surface area contributed by atoms with E-state index in [1.54, 1.807) is 32.1 Å². The summed E-state index contributed by atoms with van der Waals surface area (Å²) in [6.45, 7) is 5.19. The van der Waals surface area contributed by atoms with Crippen molar-refractivity contribution >= 4 is 0 Å². The van der Waals surface area contributed by atoms with Gasteiger partial charge < -0.3 is 0 Å². The first kappa shape index (κ1) is 13.0. The lowest BCUT2D eigenvalue weighted by Gasteiger charge is -2.38. The number of hydrogen-bond donors (Lipinski definition) is 0. The zero-order valence-electron chi connectivity index (χ0n) is 12.5. The van der Waals surface area contributed by atoms with Gasteiger partial charge in [-0.25, -0.2) is 0 Å². The van der Waals surface area contributed by atoms with Crippen LogP contribution < -0.4 is 0 Å². The van der Waals surface area contributed by atoms with Gasteiger partial charge in [0.05, 0.1) is 0 Å². The molecule has 0 nitrogen and oxygen atoms in total. The Hall–Kier alpha value is 0. The molecular weight excluding hydrogens is 216 g/mol. The van der Waals surface area contributed by atoms with E-state index in [4.69, 9.17) is 0 Å². The summed E-state index contributed by atoms with van der Waals surface area (Å²) in [5.41, 5.74) is 0. The maximum Gasteiger partial charge on any atom is -0.0329 e. The Bertz CT molecular complexity index is 263. The molecule has 0 saturated heterocycles. The lowest BCUT2D eigenvalue weighted by atomic mass is 9.67. The van der Waals surface area contributed by atoms with Crippen LogP contribution in [-0.2, 0) is 0 Å². The minimum Gasteiger partial charge on any atom is -0.0622 e. The van der Waals surface area contributed by atoms with Gasteiger partial charge >= 0.3 is 0 Å². The van der Waals surface area contributed by atoms with E-state index in [-0.39, 0.29) is 0 Å². The molecule has 0 spiro atoms. The van der Waals surface area contributed by atoms with Gasteiger partial charge in [-0.2, -0.15) is 0 Å². The van der Waals surface area contributed by atoms with E-state index in [0.29, 0.717) is 0 Å². The van der Waals surface area contributed by atoms with Crippen molar-refractivity contribution in [2.24, 2.45) is 35.5 Å². The van der Waals surface area contributed by atoms with Crippen molar-refractivity contribution in [2.45, 2.75) is 78.1 Å². The van der Waals surface area contributed by atoms with Crippen LogP contribution in [0.15, 0.2) is 0 Å². The van der Waals surface area contributed by atoms with E-state index in [9.17, 15) is 0 Å². The fourth-order valence-electron chi connectivity index (χ4n) is 5.97. The molecule has 0 heteroatoms. The first-order valence-corrected chi connectivity index (χ1v) is 8.77. The number of hydrogen-bond acceptors (Lipinski definition) is 0. The summed E-state index contributed by atoms with van der Waals surface area (Å²) in [4.78, 5) is 0. The highest BCUT2D eigenvalue weighted by molar-refractivity contribution is 4.94. The molecule has 18 heavy (non-hydrogen) atoms. The van der Waals surface area contributed by atoms with Gasteiger partial charge in [0.15, 0.2) is 0 Å². The smallest absolute Gasteiger partial charge is 0.0329 e. The Kier molecular flexibility index (Phi) is 4.01. The zero-order chi connectivity index (χ0) is 12.5. The van der Waals surface area contributed by atoms with Gasteiger partial charge in [0.2, 0.25) is 0 Å². The van der Waals surface area contributed by atoms with Gasteiger partial charge in [0, 0.05) is 0 Å². The summed E-state index contributed by atoms with van der Waals surface area (Å²) >= 11 is 0. The van der Waals surface area contributed by atoms with Crippen LogP contribution in [0.25, 0.3) is 0 Å². The minimum absolute atomic E-state index is 1.02. The fourth-order valence-corrected chi connectivity index (χ4v) is 5.97. The van der Waals surface area contributed by atoms with Crippen LogP contribution in [0.1, 0.15) is 78.1 Å². The maximum absolute atomic E-state index is 2.62. The number of fused-ring (bicyclic) bond motifs is 1. The van der Waals surface area contributed by atoms with Gasteiger partial charge in [0.1, 0.15) is 0 Å². The largest absolute Gasteiger partial charge is 0.0622 e. The minimum atomic E-state index is 1.02. The highest BCUT2D eigenvalue weighted by atomic mass is 14.5. The van der Waals surface area contributed by atoms with Crippen molar-refractivity contribution in [3.8, 4) is 0 Å². The molecule has 3 aliphatic rings. The lowest BCUT2D eigenvalue weighted by Crippen LogP contribution is -2.31. The van der Waals surface area contributed by atoms with Crippen LogP contribution in [0.4, 0.5) is 0 Å². The second kappa shape index (κ2) is 5.55. The van der Waals surface area contributed by atoms with Crippen molar-refractivity contribution in [3.05, 3.63) is 0 Å². The molecule has 0 aliphatic heterocycles. The zero-order valence-corrected chi connectivity index (χ0v) is 12.5. The lowest BCUT2D eigenvalue weighted by molar-refractivity contribution is 0.109. The van der Waals surface area contributed by atoms with Gasteiger partial charge in [-0.05, 0) is 48.3 Å². The highest BCUT2D eigenvalue weighted by Crippen LogP contribution is 2.53. The van der Waals surface area contributed by atoms with Crippen LogP contribution in [-0.4, -0.2) is 0 Å². The third-order valence-corrected chi connectivity index (χ3v) is 6.79. The molecule has 0 N–H and O–H groups in total. The van der Waals surface area contributed by atoms with Crippen molar-refractivity contribution in [2.75, 3.05) is 0 Å². The predicted molar refractivity (Wildman–Crippen MR) is 78.5 cm³/mol. The summed E-state index contributed by atoms with van der Waals surface area (Å²) in [7, 11) is 0. The SMILES string of the molecule is CC1CC2CCCCC2C1C(C)C1CCCCC1. The molecule has 5 atom stereocenters. The molecule has 5 unspecified atom stereocenters. The molecule has 0 aromatic heterocycles. The first-order chi connectivity index (χ1) is 8.77. The molecule has 0 heterocycles. The van der Waals surface area contributed by atoms with E-state index < -0.39 is 0 Å². The van der Waals surface area contributed by atoms with Crippen molar-refractivity contribution in [3.63, 3.8) is 0 Å². The molecule has 3 fully saturated rings. The third-order valence-electron chi connectivity index (χ3n) is 6.79. The van der Waals surface area contributed by atoms with Gasteiger partial charge in [-0.1, -0.05) is 65.2 Å². The Balaban J connectivity index is 1.69. The summed E-state index contributed by atoms with van der Waals surface area (Å²) < 4.78 is 0. The molecular formula is C18H32. The second-order valence-corrected chi connectivity index (χ2v) is 7.76. The Morgan fingerprint density at radius 2 is 1.50 bits per heavy atom. The summed E-state index contributed by atoms with van der Waals surface area (Å²) in [5.74, 6) is 6.43. The summed E-state index contributed by atoms with van der Waals surface area (Å²) in [6.07, 6.45) is 15.4. The van der Waals surface area contributed by atoms with Crippen molar-refractivity contribution in [1.82, 2.24) is 0 Å². The van der Waals surface area contributed by atoms with Crippen LogP contribution in [0.5, 0.6) is 0 Å². The Morgan fingerprint density at radius 3 is 2.28 bits per heavy atom. The normalized spacial score (nSPS) is 43.7. The summed E-state index contributed by atoms with van der Waals surface area (Å²) in [6, 6.07) is 0. The molecule has 3 saturated carbocycles. The monoisotopic (exact) mass is 248 g/mol. The maximum atomic E-state index is 2.62. The topological polar surface area (TPSA) is 0 Å². The molecule has 0 aromatic carbocycles. The van der Waals surface area contributed by atoms with E-state index in [1.807, 2.05) is 0 Å². The molecule has 0 aromatic rings. The second-order valence-electron chi connectivity index (χ2n) is 7.76. The van der Waals surface area contributed by atoms with E-state index >= 15 is 0 Å².